The predicted molar refractivity (Wildman–Crippen MR) is 86.7 cm³/mol. The number of amides is 2. The molecule has 0 saturated heterocycles. The molecule has 2 N–H and O–H groups in total. The molecule has 0 radical (unpaired) electrons. The highest BCUT2D eigenvalue weighted by Crippen LogP contribution is 2.40. The zero-order valence-corrected chi connectivity index (χ0v) is 14.2. The third-order valence-corrected chi connectivity index (χ3v) is 5.05. The maximum Gasteiger partial charge on any atom is 0.337 e. The van der Waals surface area contributed by atoms with E-state index in [1.807, 2.05) is 6.92 Å². The van der Waals surface area contributed by atoms with Crippen molar-refractivity contribution in [2.75, 3.05) is 13.2 Å². The fourth-order valence-electron chi connectivity index (χ4n) is 3.45. The van der Waals surface area contributed by atoms with E-state index in [1.165, 1.54) is 25.7 Å². The van der Waals surface area contributed by atoms with Crippen molar-refractivity contribution in [3.8, 4) is 0 Å². The smallest absolute Gasteiger partial charge is 0.337 e. The maximum atomic E-state index is 12.3. The van der Waals surface area contributed by atoms with Crippen LogP contribution in [-0.2, 0) is 9.53 Å². The Labute approximate surface area is 137 Å². The number of hydrogen-bond donors (Lipinski definition) is 2. The normalized spacial score (nSPS) is 25.9. The second-order valence-corrected chi connectivity index (χ2v) is 6.91. The van der Waals surface area contributed by atoms with Crippen LogP contribution >= 0.6 is 0 Å². The van der Waals surface area contributed by atoms with Crippen LogP contribution in [0.2, 0.25) is 0 Å². The van der Waals surface area contributed by atoms with Gasteiger partial charge in [-0.15, -0.1) is 0 Å². The molecule has 2 saturated carbocycles. The summed E-state index contributed by atoms with van der Waals surface area (Å²) >= 11 is 0. The number of nitrogens with zero attached hydrogens (tertiary/aromatic N) is 1. The lowest BCUT2D eigenvalue weighted by molar-refractivity contribution is -0.139. The second-order valence-electron chi connectivity index (χ2n) is 6.91. The largest absolute Gasteiger partial charge is 0.463 e. The lowest BCUT2D eigenvalue weighted by atomic mass is 10.0. The first-order valence-electron chi connectivity index (χ1n) is 8.74. The highest BCUT2D eigenvalue weighted by molar-refractivity contribution is 5.94. The number of rotatable bonds is 7. The van der Waals surface area contributed by atoms with E-state index in [0.717, 1.165) is 5.92 Å². The van der Waals surface area contributed by atoms with Crippen molar-refractivity contribution in [3.05, 3.63) is 11.3 Å². The zero-order valence-electron chi connectivity index (χ0n) is 14.2. The molecular formula is C17H27N3O3. The SMILES string of the molecule is CCOC(=O)C1=C(CN(C2CC2)C(C)C2CC2)NC(=O)NC1C. The molecule has 0 aromatic carbocycles. The Balaban J connectivity index is 1.83. The van der Waals surface area contributed by atoms with Crippen molar-refractivity contribution < 1.29 is 14.3 Å². The molecular weight excluding hydrogens is 294 g/mol. The van der Waals surface area contributed by atoms with Gasteiger partial charge in [-0.2, -0.15) is 0 Å². The summed E-state index contributed by atoms with van der Waals surface area (Å²) in [6, 6.07) is 0.523. The molecule has 0 bridgehead atoms. The van der Waals surface area contributed by atoms with Gasteiger partial charge in [0.2, 0.25) is 0 Å². The van der Waals surface area contributed by atoms with Gasteiger partial charge in [-0.25, -0.2) is 9.59 Å². The van der Waals surface area contributed by atoms with Gasteiger partial charge in [-0.1, -0.05) is 0 Å². The van der Waals surface area contributed by atoms with Crippen molar-refractivity contribution in [2.45, 2.75) is 64.6 Å². The van der Waals surface area contributed by atoms with Crippen LogP contribution in [0.3, 0.4) is 0 Å². The molecule has 2 amide bonds. The van der Waals surface area contributed by atoms with Crippen LogP contribution in [0, 0.1) is 5.92 Å². The molecule has 6 heteroatoms. The summed E-state index contributed by atoms with van der Waals surface area (Å²) in [6.45, 7) is 6.85. The van der Waals surface area contributed by atoms with E-state index in [4.69, 9.17) is 4.74 Å². The third-order valence-electron chi connectivity index (χ3n) is 5.05. The number of carbonyl (C=O) groups excluding carboxylic acids is 2. The molecule has 3 aliphatic rings. The Bertz CT molecular complexity index is 523. The van der Waals surface area contributed by atoms with Gasteiger partial charge in [0.25, 0.3) is 0 Å². The van der Waals surface area contributed by atoms with E-state index in [0.29, 0.717) is 36.5 Å². The van der Waals surface area contributed by atoms with E-state index >= 15 is 0 Å². The lowest BCUT2D eigenvalue weighted by Crippen LogP contribution is -2.52. The predicted octanol–water partition coefficient (Wildman–Crippen LogP) is 1.77. The minimum Gasteiger partial charge on any atom is -0.463 e. The molecule has 1 heterocycles. The van der Waals surface area contributed by atoms with Crippen LogP contribution in [-0.4, -0.2) is 48.2 Å². The zero-order chi connectivity index (χ0) is 16.6. The van der Waals surface area contributed by atoms with Crippen LogP contribution < -0.4 is 10.6 Å². The topological polar surface area (TPSA) is 70.7 Å². The Morgan fingerprint density at radius 1 is 1.35 bits per heavy atom. The van der Waals surface area contributed by atoms with Gasteiger partial charge in [0.05, 0.1) is 18.2 Å². The summed E-state index contributed by atoms with van der Waals surface area (Å²) in [5.74, 6) is 0.425. The Hall–Kier alpha value is -1.56. The van der Waals surface area contributed by atoms with Gasteiger partial charge in [-0.3, -0.25) is 4.90 Å². The van der Waals surface area contributed by atoms with Gasteiger partial charge in [-0.05, 0) is 52.4 Å². The van der Waals surface area contributed by atoms with Gasteiger partial charge in [0.1, 0.15) is 0 Å². The Kier molecular flexibility index (Phi) is 4.62. The monoisotopic (exact) mass is 321 g/mol. The molecule has 3 rings (SSSR count). The van der Waals surface area contributed by atoms with Gasteiger partial charge in [0.15, 0.2) is 0 Å². The van der Waals surface area contributed by atoms with Crippen molar-refractivity contribution in [1.29, 1.82) is 0 Å². The molecule has 0 aromatic rings. The number of urea groups is 1. The van der Waals surface area contributed by atoms with Crippen molar-refractivity contribution in [2.24, 2.45) is 5.92 Å². The second kappa shape index (κ2) is 6.51. The van der Waals surface area contributed by atoms with Crippen LogP contribution in [0.1, 0.15) is 46.5 Å². The summed E-state index contributed by atoms with van der Waals surface area (Å²) < 4.78 is 5.19. The summed E-state index contributed by atoms with van der Waals surface area (Å²) in [5, 5.41) is 5.60. The standard InChI is InChI=1S/C17H27N3O3/c1-4-23-16(21)15-10(2)18-17(22)19-14(15)9-20(13-7-8-13)11(3)12-5-6-12/h10-13H,4-9H2,1-3H3,(H2,18,19,22). The average Bonchev–Trinajstić information content (AvgIpc) is 3.37. The first-order valence-corrected chi connectivity index (χ1v) is 8.74. The fraction of sp³-hybridized carbons (Fsp3) is 0.765. The van der Waals surface area contributed by atoms with Gasteiger partial charge >= 0.3 is 12.0 Å². The molecule has 0 spiro atoms. The van der Waals surface area contributed by atoms with Crippen molar-refractivity contribution in [1.82, 2.24) is 15.5 Å². The molecule has 2 atom stereocenters. The first kappa shape index (κ1) is 16.3. The number of nitrogens with one attached hydrogen (secondary N) is 2. The third kappa shape index (κ3) is 3.68. The lowest BCUT2D eigenvalue weighted by Gasteiger charge is -2.34. The van der Waals surface area contributed by atoms with E-state index in [-0.39, 0.29) is 18.0 Å². The van der Waals surface area contributed by atoms with Crippen molar-refractivity contribution >= 4 is 12.0 Å². The summed E-state index contributed by atoms with van der Waals surface area (Å²) in [4.78, 5) is 26.6. The highest BCUT2D eigenvalue weighted by atomic mass is 16.5. The minimum atomic E-state index is -0.336. The fourth-order valence-corrected chi connectivity index (χ4v) is 3.45. The maximum absolute atomic E-state index is 12.3. The molecule has 23 heavy (non-hydrogen) atoms. The number of hydrogen-bond acceptors (Lipinski definition) is 4. The van der Waals surface area contributed by atoms with Crippen LogP contribution in [0.4, 0.5) is 4.79 Å². The van der Waals surface area contributed by atoms with E-state index in [2.05, 4.69) is 22.5 Å². The number of esters is 1. The van der Waals surface area contributed by atoms with Crippen LogP contribution in [0.5, 0.6) is 0 Å². The molecule has 2 unspecified atom stereocenters. The Morgan fingerprint density at radius 3 is 2.61 bits per heavy atom. The molecule has 128 valence electrons. The van der Waals surface area contributed by atoms with Crippen LogP contribution in [0.15, 0.2) is 11.3 Å². The molecule has 1 aliphatic heterocycles. The van der Waals surface area contributed by atoms with Gasteiger partial charge in [0, 0.05) is 24.3 Å². The van der Waals surface area contributed by atoms with Gasteiger partial charge < -0.3 is 15.4 Å². The number of carbonyl (C=O) groups is 2. The van der Waals surface area contributed by atoms with E-state index in [1.54, 1.807) is 6.92 Å². The average molecular weight is 321 g/mol. The summed E-state index contributed by atoms with van der Waals surface area (Å²) in [5.41, 5.74) is 1.26. The first-order chi connectivity index (χ1) is 11.0. The Morgan fingerprint density at radius 2 is 2.04 bits per heavy atom. The van der Waals surface area contributed by atoms with E-state index in [9.17, 15) is 9.59 Å². The molecule has 2 aliphatic carbocycles. The summed E-state index contributed by atoms with van der Waals surface area (Å²) in [7, 11) is 0. The number of ether oxygens (including phenoxy) is 1. The van der Waals surface area contributed by atoms with E-state index < -0.39 is 0 Å². The molecule has 6 nitrogen and oxygen atoms in total. The molecule has 2 fully saturated rings. The van der Waals surface area contributed by atoms with Crippen molar-refractivity contribution in [3.63, 3.8) is 0 Å². The minimum absolute atomic E-state index is 0.240. The molecule has 0 aromatic heterocycles. The summed E-state index contributed by atoms with van der Waals surface area (Å²) in [6.07, 6.45) is 5.00. The highest BCUT2D eigenvalue weighted by Gasteiger charge is 2.41. The quantitative estimate of drug-likeness (QED) is 0.701. The van der Waals surface area contributed by atoms with Crippen LogP contribution in [0.25, 0.3) is 0 Å².